The van der Waals surface area contributed by atoms with E-state index in [2.05, 4.69) is 0 Å². The summed E-state index contributed by atoms with van der Waals surface area (Å²) in [5.74, 6) is 0.261. The number of rotatable bonds is 4. The fraction of sp³-hybridized carbons (Fsp3) is 0. The lowest BCUT2D eigenvalue weighted by atomic mass is 10.1. The monoisotopic (exact) mass is 285 g/mol. The fourth-order valence-corrected chi connectivity index (χ4v) is 2.23. The average Bonchev–Trinajstić information content (AvgIpc) is 2.46. The molecule has 0 saturated heterocycles. The third-order valence-corrected chi connectivity index (χ3v) is 3.32. The Morgan fingerprint density at radius 1 is 1.00 bits per heavy atom. The molecule has 2 aromatic rings. The van der Waals surface area contributed by atoms with Gasteiger partial charge in [0.05, 0.1) is 17.0 Å². The van der Waals surface area contributed by atoms with Crippen LogP contribution in [-0.2, 0) is 10.1 Å². The molecule has 0 aliphatic heterocycles. The van der Waals surface area contributed by atoms with Crippen LogP contribution >= 0.6 is 0 Å². The zero-order valence-electron chi connectivity index (χ0n) is 10.4. The molecule has 0 aliphatic carbocycles. The second-order valence-corrected chi connectivity index (χ2v) is 5.35. The van der Waals surface area contributed by atoms with E-state index in [9.17, 15) is 8.42 Å². The summed E-state index contributed by atoms with van der Waals surface area (Å²) < 4.78 is 28.4. The van der Waals surface area contributed by atoms with Gasteiger partial charge in [0.1, 0.15) is 5.75 Å². The van der Waals surface area contributed by atoms with Gasteiger partial charge < -0.3 is 4.18 Å². The van der Waals surface area contributed by atoms with E-state index in [0.717, 1.165) is 5.41 Å². The van der Waals surface area contributed by atoms with Gasteiger partial charge in [0.25, 0.3) is 0 Å². The summed E-state index contributed by atoms with van der Waals surface area (Å²) in [4.78, 5) is 0. The standard InChI is InChI=1S/C15H11NO3S/c16-12-14-8-6-13(7-9-14)10-11-20(17,18)19-15-4-2-1-3-5-15/h1-11H/b11-10+. The molecule has 20 heavy (non-hydrogen) atoms. The van der Waals surface area contributed by atoms with Crippen LogP contribution in [0.5, 0.6) is 5.75 Å². The van der Waals surface area contributed by atoms with Crippen LogP contribution in [0.25, 0.3) is 6.08 Å². The Labute approximate surface area is 117 Å². The van der Waals surface area contributed by atoms with E-state index in [0.29, 0.717) is 11.1 Å². The van der Waals surface area contributed by atoms with Gasteiger partial charge >= 0.3 is 10.1 Å². The Balaban J connectivity index is 2.11. The summed E-state index contributed by atoms with van der Waals surface area (Å²) in [6, 6.07) is 16.8. The van der Waals surface area contributed by atoms with E-state index < -0.39 is 10.1 Å². The van der Waals surface area contributed by atoms with Crippen molar-refractivity contribution in [2.75, 3.05) is 0 Å². The summed E-state index contributed by atoms with van der Waals surface area (Å²) in [7, 11) is -3.79. The molecule has 5 heteroatoms. The number of hydrogen-bond acceptors (Lipinski definition) is 4. The number of para-hydroxylation sites is 1. The third-order valence-electron chi connectivity index (χ3n) is 2.42. The van der Waals surface area contributed by atoms with Crippen molar-refractivity contribution >= 4 is 16.2 Å². The molecule has 0 N–H and O–H groups in total. The van der Waals surface area contributed by atoms with Crippen LogP contribution in [0.1, 0.15) is 11.1 Å². The summed E-state index contributed by atoms with van der Waals surface area (Å²) in [5.41, 5.74) is 1.19. The van der Waals surface area contributed by atoms with Gasteiger partial charge in [0.15, 0.2) is 0 Å². The van der Waals surface area contributed by atoms with Crippen molar-refractivity contribution in [3.05, 3.63) is 71.1 Å². The minimum atomic E-state index is -3.79. The van der Waals surface area contributed by atoms with Gasteiger partial charge in [-0.1, -0.05) is 30.3 Å². The van der Waals surface area contributed by atoms with Crippen molar-refractivity contribution in [2.24, 2.45) is 0 Å². The second kappa shape index (κ2) is 6.04. The minimum absolute atomic E-state index is 0.261. The van der Waals surface area contributed by atoms with Gasteiger partial charge in [-0.25, -0.2) is 0 Å². The normalized spacial score (nSPS) is 11.2. The largest absolute Gasteiger partial charge is 0.379 e. The zero-order valence-corrected chi connectivity index (χ0v) is 11.2. The number of nitrogens with zero attached hydrogens (tertiary/aromatic N) is 1. The molecule has 0 amide bonds. The molecule has 2 aromatic carbocycles. The lowest BCUT2D eigenvalue weighted by Crippen LogP contribution is -2.04. The topological polar surface area (TPSA) is 67.2 Å². The molecule has 100 valence electrons. The molecule has 0 aromatic heterocycles. The molecule has 0 fully saturated rings. The van der Waals surface area contributed by atoms with E-state index in [-0.39, 0.29) is 5.75 Å². The smallest absolute Gasteiger partial charge is 0.332 e. The Bertz CT molecular complexity index is 742. The van der Waals surface area contributed by atoms with Crippen molar-refractivity contribution in [3.63, 3.8) is 0 Å². The van der Waals surface area contributed by atoms with Crippen LogP contribution in [0, 0.1) is 11.3 Å². The maximum Gasteiger partial charge on any atom is 0.332 e. The van der Waals surface area contributed by atoms with E-state index in [1.165, 1.54) is 6.08 Å². The van der Waals surface area contributed by atoms with Gasteiger partial charge in [-0.2, -0.15) is 13.7 Å². The molecule has 0 saturated carbocycles. The van der Waals surface area contributed by atoms with E-state index >= 15 is 0 Å². The van der Waals surface area contributed by atoms with Crippen LogP contribution in [-0.4, -0.2) is 8.42 Å². The lowest BCUT2D eigenvalue weighted by molar-refractivity contribution is 0.497. The van der Waals surface area contributed by atoms with E-state index in [1.54, 1.807) is 54.6 Å². The highest BCUT2D eigenvalue weighted by Gasteiger charge is 2.07. The second-order valence-electron chi connectivity index (χ2n) is 3.93. The van der Waals surface area contributed by atoms with E-state index in [1.807, 2.05) is 6.07 Å². The van der Waals surface area contributed by atoms with Crippen LogP contribution < -0.4 is 4.18 Å². The molecule has 0 atom stereocenters. The molecule has 0 radical (unpaired) electrons. The highest BCUT2D eigenvalue weighted by molar-refractivity contribution is 7.90. The minimum Gasteiger partial charge on any atom is -0.379 e. The lowest BCUT2D eigenvalue weighted by Gasteiger charge is -2.02. The fourth-order valence-electron chi connectivity index (χ4n) is 1.47. The quantitative estimate of drug-likeness (QED) is 0.810. The average molecular weight is 285 g/mol. The summed E-state index contributed by atoms with van der Waals surface area (Å²) in [6.45, 7) is 0. The number of hydrogen-bond donors (Lipinski definition) is 0. The molecule has 0 bridgehead atoms. The summed E-state index contributed by atoms with van der Waals surface area (Å²) in [5, 5.41) is 9.66. The van der Waals surface area contributed by atoms with Crippen molar-refractivity contribution in [1.29, 1.82) is 5.26 Å². The maximum atomic E-state index is 11.7. The first-order valence-corrected chi connectivity index (χ1v) is 7.24. The van der Waals surface area contributed by atoms with Crippen molar-refractivity contribution in [2.45, 2.75) is 0 Å². The Hall–Kier alpha value is -2.58. The van der Waals surface area contributed by atoms with Gasteiger partial charge in [-0.05, 0) is 35.9 Å². The molecule has 0 spiro atoms. The molecular formula is C15H11NO3S. The highest BCUT2D eigenvalue weighted by atomic mass is 32.2. The summed E-state index contributed by atoms with van der Waals surface area (Å²) >= 11 is 0. The maximum absolute atomic E-state index is 11.7. The SMILES string of the molecule is N#Cc1ccc(/C=C/S(=O)(=O)Oc2ccccc2)cc1. The Morgan fingerprint density at radius 2 is 1.65 bits per heavy atom. The number of nitriles is 1. The molecule has 0 unspecified atom stereocenters. The van der Waals surface area contributed by atoms with E-state index in [4.69, 9.17) is 9.44 Å². The van der Waals surface area contributed by atoms with Crippen molar-refractivity contribution < 1.29 is 12.6 Å². The molecular weight excluding hydrogens is 274 g/mol. The van der Waals surface area contributed by atoms with Crippen LogP contribution in [0.2, 0.25) is 0 Å². The predicted molar refractivity (Wildman–Crippen MR) is 76.2 cm³/mol. The third kappa shape index (κ3) is 3.97. The zero-order chi connectivity index (χ0) is 14.4. The first-order valence-electron chi connectivity index (χ1n) is 5.77. The number of benzene rings is 2. The highest BCUT2D eigenvalue weighted by Crippen LogP contribution is 2.13. The molecule has 0 heterocycles. The first-order chi connectivity index (χ1) is 9.59. The van der Waals surface area contributed by atoms with Crippen LogP contribution in [0.4, 0.5) is 0 Å². The first kappa shape index (κ1) is 13.8. The molecule has 4 nitrogen and oxygen atoms in total. The van der Waals surface area contributed by atoms with Gasteiger partial charge in [0.2, 0.25) is 0 Å². The summed E-state index contributed by atoms with van der Waals surface area (Å²) in [6.07, 6.45) is 1.42. The Kier molecular flexibility index (Phi) is 4.18. The Morgan fingerprint density at radius 3 is 2.25 bits per heavy atom. The van der Waals surface area contributed by atoms with Crippen LogP contribution in [0.15, 0.2) is 60.0 Å². The van der Waals surface area contributed by atoms with Gasteiger partial charge in [-0.15, -0.1) is 0 Å². The van der Waals surface area contributed by atoms with Crippen molar-refractivity contribution in [3.8, 4) is 11.8 Å². The molecule has 0 aliphatic rings. The van der Waals surface area contributed by atoms with Gasteiger partial charge in [0, 0.05) is 0 Å². The van der Waals surface area contributed by atoms with Gasteiger partial charge in [-0.3, -0.25) is 0 Å². The predicted octanol–water partition coefficient (Wildman–Crippen LogP) is 2.94. The van der Waals surface area contributed by atoms with Crippen molar-refractivity contribution in [1.82, 2.24) is 0 Å². The van der Waals surface area contributed by atoms with Crippen LogP contribution in [0.3, 0.4) is 0 Å². The molecule has 2 rings (SSSR count).